The van der Waals surface area contributed by atoms with Crippen LogP contribution in [-0.2, 0) is 21.3 Å². The van der Waals surface area contributed by atoms with Crippen LogP contribution in [0.4, 0.5) is 20.4 Å². The molecule has 2 saturated heterocycles. The number of hydrogen-bond donors (Lipinski definition) is 4. The van der Waals surface area contributed by atoms with Crippen molar-refractivity contribution in [2.45, 2.75) is 75.5 Å². The molecule has 1 aromatic heterocycles. The average molecular weight is 684 g/mol. The van der Waals surface area contributed by atoms with Gasteiger partial charge in [0.05, 0.1) is 9.77 Å². The van der Waals surface area contributed by atoms with Crippen molar-refractivity contribution < 1.29 is 22.7 Å². The first-order valence-corrected chi connectivity index (χ1v) is 18.3. The number of thiazole rings is 1. The number of anilines is 2. The first-order valence-electron chi connectivity index (χ1n) is 16.0. The zero-order valence-electron chi connectivity index (χ0n) is 27.4. The van der Waals surface area contributed by atoms with Crippen LogP contribution in [0.25, 0.3) is 10.4 Å². The molecule has 0 radical (unpaired) electrons. The number of urea groups is 1. The Bertz CT molecular complexity index is 1630. The summed E-state index contributed by atoms with van der Waals surface area (Å²) >= 11 is 1.41. The second-order valence-electron chi connectivity index (χ2n) is 13.1. The number of rotatable bonds is 10. The minimum absolute atomic E-state index is 0.0182. The number of nitrogens with one attached hydrogen (secondary N) is 4. The maximum Gasteiger partial charge on any atom is 0.407 e. The maximum atomic E-state index is 13.6. The summed E-state index contributed by atoms with van der Waals surface area (Å²) in [6.07, 6.45) is 4.98. The van der Waals surface area contributed by atoms with Crippen LogP contribution in [-0.4, -0.2) is 81.3 Å². The van der Waals surface area contributed by atoms with Crippen molar-refractivity contribution in [2.24, 2.45) is 0 Å². The van der Waals surface area contributed by atoms with Gasteiger partial charge in [-0.15, -0.1) is 0 Å². The van der Waals surface area contributed by atoms with Crippen LogP contribution in [0.3, 0.4) is 0 Å². The third-order valence-corrected chi connectivity index (χ3v) is 11.1. The number of amides is 3. The van der Waals surface area contributed by atoms with Gasteiger partial charge >= 0.3 is 12.1 Å². The van der Waals surface area contributed by atoms with E-state index in [0.29, 0.717) is 48.4 Å². The molecule has 2 fully saturated rings. The molecule has 3 amide bonds. The molecule has 1 atom stereocenters. The normalized spacial score (nSPS) is 17.8. The molecule has 3 heterocycles. The average Bonchev–Trinajstić information content (AvgIpc) is 3.68. The SMILES string of the molecule is CN1CCC[C@H]1COC(=O)NC1CCN(c2ncc(-c3ccc(NC(=O)NCc4ccccc4)cc3S(=O)(=O)NC(C)(C)C)s2)CC1. The van der Waals surface area contributed by atoms with E-state index >= 15 is 0 Å². The summed E-state index contributed by atoms with van der Waals surface area (Å²) in [6.45, 7) is 8.50. The van der Waals surface area contributed by atoms with Crippen LogP contribution in [0.15, 0.2) is 59.6 Å². The largest absolute Gasteiger partial charge is 0.448 e. The van der Waals surface area contributed by atoms with Crippen molar-refractivity contribution in [3.63, 3.8) is 0 Å². The Balaban J connectivity index is 1.24. The number of likely N-dealkylation sites (tertiary alicyclic amines) is 1. The molecule has 0 spiro atoms. The molecule has 2 aliphatic heterocycles. The van der Waals surface area contributed by atoms with Gasteiger partial charge in [0.2, 0.25) is 10.0 Å². The first-order chi connectivity index (χ1) is 22.4. The molecule has 0 unspecified atom stereocenters. The molecule has 254 valence electrons. The van der Waals surface area contributed by atoms with E-state index in [1.807, 2.05) is 30.3 Å². The van der Waals surface area contributed by atoms with E-state index in [0.717, 1.165) is 42.9 Å². The molecule has 0 saturated carbocycles. The van der Waals surface area contributed by atoms with Crippen molar-refractivity contribution in [1.82, 2.24) is 25.2 Å². The summed E-state index contributed by atoms with van der Waals surface area (Å²) < 4.78 is 35.5. The monoisotopic (exact) mass is 683 g/mol. The highest BCUT2D eigenvalue weighted by Gasteiger charge is 2.28. The molecule has 12 nitrogen and oxygen atoms in total. The molecule has 14 heteroatoms. The lowest BCUT2D eigenvalue weighted by Crippen LogP contribution is -2.45. The predicted octanol–water partition coefficient (Wildman–Crippen LogP) is 5.00. The van der Waals surface area contributed by atoms with E-state index in [-0.39, 0.29) is 17.0 Å². The van der Waals surface area contributed by atoms with Crippen LogP contribution >= 0.6 is 11.3 Å². The smallest absolute Gasteiger partial charge is 0.407 e. The summed E-state index contributed by atoms with van der Waals surface area (Å²) in [5.74, 6) is 0. The molecule has 0 aliphatic carbocycles. The van der Waals surface area contributed by atoms with Crippen molar-refractivity contribution in [3.05, 3.63) is 60.3 Å². The highest BCUT2D eigenvalue weighted by molar-refractivity contribution is 7.89. The van der Waals surface area contributed by atoms with Crippen LogP contribution < -0.4 is 25.6 Å². The van der Waals surface area contributed by atoms with Gasteiger partial charge in [-0.3, -0.25) is 0 Å². The van der Waals surface area contributed by atoms with Crippen molar-refractivity contribution in [2.75, 3.05) is 43.5 Å². The number of piperidine rings is 1. The molecule has 3 aromatic rings. The lowest BCUT2D eigenvalue weighted by molar-refractivity contribution is 0.111. The molecule has 2 aliphatic rings. The molecule has 5 rings (SSSR count). The van der Waals surface area contributed by atoms with E-state index < -0.39 is 21.6 Å². The number of sulfonamides is 1. The number of aromatic nitrogens is 1. The van der Waals surface area contributed by atoms with Crippen molar-refractivity contribution in [1.29, 1.82) is 0 Å². The van der Waals surface area contributed by atoms with E-state index in [4.69, 9.17) is 4.74 Å². The summed E-state index contributed by atoms with van der Waals surface area (Å²) in [5.41, 5.74) is 1.07. The number of alkyl carbamates (subject to hydrolysis) is 1. The fraction of sp³-hybridized carbons (Fsp3) is 0.485. The second kappa shape index (κ2) is 15.0. The molecule has 0 bridgehead atoms. The van der Waals surface area contributed by atoms with Gasteiger partial charge in [0.15, 0.2) is 5.13 Å². The molecule has 4 N–H and O–H groups in total. The highest BCUT2D eigenvalue weighted by Crippen LogP contribution is 2.37. The predicted molar refractivity (Wildman–Crippen MR) is 185 cm³/mol. The Labute approximate surface area is 281 Å². The van der Waals surface area contributed by atoms with Gasteiger partial charge < -0.3 is 30.5 Å². The van der Waals surface area contributed by atoms with Crippen molar-refractivity contribution >= 4 is 44.3 Å². The van der Waals surface area contributed by atoms with Crippen LogP contribution in [0.5, 0.6) is 0 Å². The Morgan fingerprint density at radius 2 is 1.79 bits per heavy atom. The molecule has 2 aromatic carbocycles. The summed E-state index contributed by atoms with van der Waals surface area (Å²) in [6, 6.07) is 14.3. The minimum atomic E-state index is -3.97. The number of hydrogen-bond acceptors (Lipinski definition) is 9. The summed E-state index contributed by atoms with van der Waals surface area (Å²) in [4.78, 5) is 34.8. The van der Waals surface area contributed by atoms with E-state index in [9.17, 15) is 18.0 Å². The number of benzene rings is 2. The Morgan fingerprint density at radius 3 is 2.47 bits per heavy atom. The Morgan fingerprint density at radius 1 is 1.04 bits per heavy atom. The van der Waals surface area contributed by atoms with Gasteiger partial charge in [-0.05, 0) is 77.7 Å². The third kappa shape index (κ3) is 9.66. The number of ether oxygens (including phenoxy) is 1. The molecule has 47 heavy (non-hydrogen) atoms. The topological polar surface area (TPSA) is 145 Å². The number of carbonyl (C=O) groups is 2. The summed E-state index contributed by atoms with van der Waals surface area (Å²) in [5, 5.41) is 9.35. The standard InChI is InChI=1S/C33H45N7O5S2/c1-33(2,3)38-47(43,44)29-19-25(36-30(41)34-20-23-9-6-5-7-10-23)12-13-27(29)28-21-35-31(46-28)40-17-14-24(15-18-40)37-32(42)45-22-26-11-8-16-39(26)4/h5-7,9-10,12-13,19,21,24,26,38H,8,11,14-18,20,22H2,1-4H3,(H,37,42)(H2,34,36,41)/t26-/m0/s1. The Kier molecular flexibility index (Phi) is 11.1. The van der Waals surface area contributed by atoms with Gasteiger partial charge in [-0.1, -0.05) is 47.7 Å². The Hall–Kier alpha value is -3.72. The van der Waals surface area contributed by atoms with Crippen LogP contribution in [0.1, 0.15) is 52.0 Å². The fourth-order valence-electron chi connectivity index (χ4n) is 5.76. The lowest BCUT2D eigenvalue weighted by atomic mass is 10.1. The van der Waals surface area contributed by atoms with E-state index in [1.54, 1.807) is 39.1 Å². The van der Waals surface area contributed by atoms with Gasteiger partial charge in [0, 0.05) is 54.7 Å². The summed E-state index contributed by atoms with van der Waals surface area (Å²) in [7, 11) is -1.91. The zero-order valence-corrected chi connectivity index (χ0v) is 29.0. The highest BCUT2D eigenvalue weighted by atomic mass is 32.2. The van der Waals surface area contributed by atoms with Crippen LogP contribution in [0.2, 0.25) is 0 Å². The lowest BCUT2D eigenvalue weighted by Gasteiger charge is -2.32. The van der Waals surface area contributed by atoms with Crippen LogP contribution in [0, 0.1) is 0 Å². The molecular formula is C33H45N7O5S2. The number of nitrogens with zero attached hydrogens (tertiary/aromatic N) is 3. The quantitative estimate of drug-likeness (QED) is 0.234. The third-order valence-electron chi connectivity index (χ3n) is 8.19. The minimum Gasteiger partial charge on any atom is -0.448 e. The number of likely N-dealkylation sites (N-methyl/N-ethyl adjacent to an activating group) is 1. The molecular weight excluding hydrogens is 639 g/mol. The van der Waals surface area contributed by atoms with Gasteiger partial charge in [-0.25, -0.2) is 27.7 Å². The fourth-order valence-corrected chi connectivity index (χ4v) is 8.50. The first kappa shape index (κ1) is 34.6. The van der Waals surface area contributed by atoms with Gasteiger partial charge in [0.1, 0.15) is 6.61 Å². The van der Waals surface area contributed by atoms with E-state index in [1.165, 1.54) is 17.4 Å². The van der Waals surface area contributed by atoms with Gasteiger partial charge in [-0.2, -0.15) is 0 Å². The van der Waals surface area contributed by atoms with E-state index in [2.05, 4.69) is 42.5 Å². The zero-order chi connectivity index (χ0) is 33.6. The second-order valence-corrected chi connectivity index (χ2v) is 15.8. The van der Waals surface area contributed by atoms with Crippen molar-refractivity contribution in [3.8, 4) is 10.4 Å². The number of carbonyl (C=O) groups excluding carboxylic acids is 2. The maximum absolute atomic E-state index is 13.6. The van der Waals surface area contributed by atoms with Gasteiger partial charge in [0.25, 0.3) is 0 Å².